The molecule has 0 aromatic carbocycles. The summed E-state index contributed by atoms with van der Waals surface area (Å²) in [4.78, 5) is 54.2. The van der Waals surface area contributed by atoms with E-state index in [1.807, 2.05) is 4.90 Å². The molecule has 1 heterocycles. The van der Waals surface area contributed by atoms with E-state index in [-0.39, 0.29) is 63.9 Å². The number of esters is 1. The zero-order valence-corrected chi connectivity index (χ0v) is 31.7. The number of hydrogen-bond acceptors (Lipinski definition) is 6. The first kappa shape index (κ1) is 36.4. The summed E-state index contributed by atoms with van der Waals surface area (Å²) < 4.78 is 6.15. The largest absolute Gasteiger partial charge is 0.481 e. The van der Waals surface area contributed by atoms with Gasteiger partial charge in [-0.15, -0.1) is 0 Å². The molecular formula is C40H63N3O6. The number of Topliss-reactive ketones (excluding diaryl/α,β-unsaturated/α-hetero) is 1. The number of hydrogen-bond donors (Lipinski definition) is 3. The lowest BCUT2D eigenvalue weighted by Crippen LogP contribution is -2.67. The van der Waals surface area contributed by atoms with Crippen LogP contribution in [-0.2, 0) is 19.1 Å². The molecule has 1 saturated heterocycles. The third kappa shape index (κ3) is 5.40. The van der Waals surface area contributed by atoms with Gasteiger partial charge in [-0.1, -0.05) is 48.5 Å². The van der Waals surface area contributed by atoms with Crippen molar-refractivity contribution >= 4 is 23.8 Å². The number of ketones is 1. The molecule has 5 aliphatic carbocycles. The van der Waals surface area contributed by atoms with Gasteiger partial charge in [0.2, 0.25) is 0 Å². The van der Waals surface area contributed by atoms with Gasteiger partial charge in [0.05, 0.1) is 17.4 Å². The normalized spacial score (nSPS) is 41.5. The first-order valence-electron chi connectivity index (χ1n) is 19.2. The SMILES string of the molecule is CC(C)C1=C2[C@H]3CC[C@@H]4[C@@]5(C)CC[C@H](OC(=O)CC(C)(C)C(=O)O)C(C)(C)[C@@H]5CC[C@@]4(C)[C@]3(C)CC[C@@]2(NC(=O)N2CC[C@@H](N)C2)CC1=O. The average Bonchev–Trinajstić information content (AvgIpc) is 3.55. The molecule has 9 nitrogen and oxygen atoms in total. The van der Waals surface area contributed by atoms with E-state index in [9.17, 15) is 24.3 Å². The maximum absolute atomic E-state index is 13.9. The topological polar surface area (TPSA) is 139 Å². The summed E-state index contributed by atoms with van der Waals surface area (Å²) in [5.41, 5.74) is 6.44. The van der Waals surface area contributed by atoms with E-state index in [2.05, 4.69) is 53.8 Å². The van der Waals surface area contributed by atoms with E-state index in [1.54, 1.807) is 13.8 Å². The number of nitrogens with one attached hydrogen (secondary N) is 1. The number of carbonyl (C=O) groups is 4. The maximum Gasteiger partial charge on any atom is 0.318 e. The number of carbonyl (C=O) groups excluding carboxylic acids is 3. The van der Waals surface area contributed by atoms with Gasteiger partial charge in [-0.3, -0.25) is 14.4 Å². The molecule has 5 fully saturated rings. The summed E-state index contributed by atoms with van der Waals surface area (Å²) >= 11 is 0. The van der Waals surface area contributed by atoms with Crippen molar-refractivity contribution in [1.82, 2.24) is 10.2 Å². The number of urea groups is 1. The minimum atomic E-state index is -1.16. The van der Waals surface area contributed by atoms with Crippen LogP contribution in [0.2, 0.25) is 0 Å². The Morgan fingerprint density at radius 2 is 1.65 bits per heavy atom. The summed E-state index contributed by atoms with van der Waals surface area (Å²) in [6.07, 6.45) is 8.49. The number of likely N-dealkylation sites (tertiary alicyclic amines) is 1. The van der Waals surface area contributed by atoms with Gasteiger partial charge in [0.15, 0.2) is 5.78 Å². The third-order valence-electron chi connectivity index (χ3n) is 15.7. The second-order valence-electron chi connectivity index (χ2n) is 19.4. The number of carboxylic acids is 1. The van der Waals surface area contributed by atoms with Crippen molar-refractivity contribution in [2.75, 3.05) is 13.1 Å². The van der Waals surface area contributed by atoms with Gasteiger partial charge in [0.1, 0.15) is 6.10 Å². The summed E-state index contributed by atoms with van der Waals surface area (Å²) in [6, 6.07) is -0.0711. The number of nitrogens with two attached hydrogens (primary N) is 1. The van der Waals surface area contributed by atoms with Crippen LogP contribution < -0.4 is 11.1 Å². The molecule has 4 saturated carbocycles. The van der Waals surface area contributed by atoms with Crippen LogP contribution in [0.3, 0.4) is 0 Å². The Hall–Kier alpha value is -2.42. The number of carboxylic acid groups (broad SMARTS) is 1. The van der Waals surface area contributed by atoms with Crippen molar-refractivity contribution in [2.45, 2.75) is 151 Å². The molecule has 0 aromatic heterocycles. The first-order chi connectivity index (χ1) is 22.6. The van der Waals surface area contributed by atoms with Crippen LogP contribution >= 0.6 is 0 Å². The van der Waals surface area contributed by atoms with Crippen molar-refractivity contribution in [2.24, 2.45) is 56.5 Å². The Balaban J connectivity index is 1.29. The Morgan fingerprint density at radius 3 is 2.27 bits per heavy atom. The minimum absolute atomic E-state index is 0.00671. The lowest BCUT2D eigenvalue weighted by Gasteiger charge is -2.72. The average molecular weight is 682 g/mol. The number of rotatable bonds is 6. The van der Waals surface area contributed by atoms with Crippen molar-refractivity contribution in [3.05, 3.63) is 11.1 Å². The third-order valence-corrected chi connectivity index (χ3v) is 15.7. The van der Waals surface area contributed by atoms with E-state index < -0.39 is 22.9 Å². The van der Waals surface area contributed by atoms with Crippen molar-refractivity contribution in [3.63, 3.8) is 0 Å². The van der Waals surface area contributed by atoms with Gasteiger partial charge in [-0.25, -0.2) is 4.79 Å². The number of fused-ring (bicyclic) bond motifs is 7. The molecule has 9 heteroatoms. The number of amides is 2. The summed E-state index contributed by atoms with van der Waals surface area (Å²) in [5.74, 6) is -0.0317. The van der Waals surface area contributed by atoms with E-state index in [0.717, 1.165) is 63.4 Å². The van der Waals surface area contributed by atoms with Crippen molar-refractivity contribution in [1.29, 1.82) is 0 Å². The smallest absolute Gasteiger partial charge is 0.318 e. The quantitative estimate of drug-likeness (QED) is 0.260. The molecule has 0 aromatic rings. The molecule has 6 aliphatic rings. The van der Waals surface area contributed by atoms with E-state index in [4.69, 9.17) is 10.5 Å². The molecule has 9 atom stereocenters. The van der Waals surface area contributed by atoms with E-state index >= 15 is 0 Å². The first-order valence-corrected chi connectivity index (χ1v) is 19.2. The molecule has 0 unspecified atom stereocenters. The number of allylic oxidation sites excluding steroid dienone is 1. The van der Waals surface area contributed by atoms with Crippen molar-refractivity contribution < 1.29 is 29.0 Å². The lowest BCUT2D eigenvalue weighted by molar-refractivity contribution is -0.232. The molecule has 0 spiro atoms. The van der Waals surface area contributed by atoms with Crippen LogP contribution in [0.4, 0.5) is 4.79 Å². The molecule has 1 aliphatic heterocycles. The fourth-order valence-electron chi connectivity index (χ4n) is 12.8. The number of aliphatic carboxylic acids is 1. The van der Waals surface area contributed by atoms with Crippen molar-refractivity contribution in [3.8, 4) is 0 Å². The molecule has 6 rings (SSSR count). The summed E-state index contributed by atoms with van der Waals surface area (Å²) in [7, 11) is 0. The summed E-state index contributed by atoms with van der Waals surface area (Å²) in [5, 5.41) is 13.1. The van der Waals surface area contributed by atoms with Gasteiger partial charge in [0.25, 0.3) is 0 Å². The van der Waals surface area contributed by atoms with E-state index in [0.29, 0.717) is 31.3 Å². The van der Waals surface area contributed by atoms with Crippen LogP contribution in [-0.4, -0.2) is 64.5 Å². The second-order valence-corrected chi connectivity index (χ2v) is 19.4. The zero-order valence-electron chi connectivity index (χ0n) is 31.7. The maximum atomic E-state index is 13.9. The van der Waals surface area contributed by atoms with Gasteiger partial charge in [-0.05, 0) is 123 Å². The zero-order chi connectivity index (χ0) is 36.1. The highest BCUT2D eigenvalue weighted by molar-refractivity contribution is 6.02. The van der Waals surface area contributed by atoms with Gasteiger partial charge >= 0.3 is 18.0 Å². The Morgan fingerprint density at radius 1 is 0.959 bits per heavy atom. The molecule has 0 radical (unpaired) electrons. The number of nitrogens with zero attached hydrogens (tertiary/aromatic N) is 1. The van der Waals surface area contributed by atoms with Gasteiger partial charge in [0, 0.05) is 31.0 Å². The molecule has 0 bridgehead atoms. The van der Waals surface area contributed by atoms with E-state index in [1.165, 1.54) is 5.57 Å². The van der Waals surface area contributed by atoms with Crippen LogP contribution in [0.15, 0.2) is 11.1 Å². The second kappa shape index (κ2) is 11.8. The monoisotopic (exact) mass is 681 g/mol. The van der Waals surface area contributed by atoms with Gasteiger partial charge < -0.3 is 25.8 Å². The lowest BCUT2D eigenvalue weighted by atomic mass is 9.33. The predicted molar refractivity (Wildman–Crippen MR) is 188 cm³/mol. The molecule has 2 amide bonds. The highest BCUT2D eigenvalue weighted by atomic mass is 16.5. The fourth-order valence-corrected chi connectivity index (χ4v) is 12.8. The highest BCUT2D eigenvalue weighted by Crippen LogP contribution is 2.76. The Labute approximate surface area is 293 Å². The highest BCUT2D eigenvalue weighted by Gasteiger charge is 2.70. The molecule has 274 valence electrons. The van der Waals surface area contributed by atoms with Crippen LogP contribution in [0.5, 0.6) is 0 Å². The predicted octanol–water partition coefficient (Wildman–Crippen LogP) is 6.87. The molecule has 49 heavy (non-hydrogen) atoms. The van der Waals surface area contributed by atoms with Crippen LogP contribution in [0, 0.1) is 50.7 Å². The van der Waals surface area contributed by atoms with Gasteiger partial charge in [-0.2, -0.15) is 0 Å². The minimum Gasteiger partial charge on any atom is -0.481 e. The Kier molecular flexibility index (Phi) is 8.77. The molecular weight excluding hydrogens is 618 g/mol. The van der Waals surface area contributed by atoms with Crippen LogP contribution in [0.1, 0.15) is 133 Å². The Bertz CT molecular complexity index is 1450. The standard InChI is InChI=1S/C40H63N3O6/c1-23(2)31-26(44)20-40(42-34(48)43-19-14-24(41)22-43)18-17-38(8)25(32(31)40)10-11-28-37(7)15-13-29(49-30(45)21-35(3,4)33(46)47)36(5,6)27(37)12-16-39(28,38)9/h23-25,27-29H,10-22,41H2,1-9H3,(H,42,48)(H,46,47)/t24-,25-,27+,28-,29+,37+,38-,39-,40-/m1/s1. The summed E-state index contributed by atoms with van der Waals surface area (Å²) in [6.45, 7) is 20.7. The number of ether oxygens (including phenoxy) is 1. The fraction of sp³-hybridized carbons (Fsp3) is 0.850. The van der Waals surface area contributed by atoms with Crippen LogP contribution in [0.25, 0.3) is 0 Å². The molecule has 4 N–H and O–H groups in total.